The van der Waals surface area contributed by atoms with E-state index in [-0.39, 0.29) is 5.41 Å². The van der Waals surface area contributed by atoms with Crippen LogP contribution in [0.15, 0.2) is 0 Å². The molecule has 0 atom stereocenters. The van der Waals surface area contributed by atoms with E-state index in [1.54, 1.807) is 0 Å². The second-order valence-electron chi connectivity index (χ2n) is 5.43. The van der Waals surface area contributed by atoms with Gasteiger partial charge in [-0.25, -0.2) is 0 Å². The zero-order chi connectivity index (χ0) is 12.6. The molecule has 16 heavy (non-hydrogen) atoms. The molecule has 0 N–H and O–H groups in total. The van der Waals surface area contributed by atoms with Crippen LogP contribution in [0.4, 0.5) is 0 Å². The molecule has 0 aliphatic heterocycles. The van der Waals surface area contributed by atoms with Gasteiger partial charge in [-0.3, -0.25) is 4.79 Å². The molecular formula is C14H29NO. The summed E-state index contributed by atoms with van der Waals surface area (Å²) in [5, 5.41) is 0. The lowest BCUT2D eigenvalue weighted by Crippen LogP contribution is -2.35. The number of Topliss-reactive ketones (excluding diaryl/α,β-unsaturated/α-hetero) is 1. The summed E-state index contributed by atoms with van der Waals surface area (Å²) in [6.07, 6.45) is 6.79. The smallest absolute Gasteiger partial charge is 0.152 e. The summed E-state index contributed by atoms with van der Waals surface area (Å²) in [6.45, 7) is 7.13. The van der Waals surface area contributed by atoms with Gasteiger partial charge in [0.25, 0.3) is 0 Å². The number of hydrogen-bond donors (Lipinski definition) is 0. The van der Waals surface area contributed by atoms with E-state index < -0.39 is 0 Å². The summed E-state index contributed by atoms with van der Waals surface area (Å²) >= 11 is 0. The lowest BCUT2D eigenvalue weighted by molar-refractivity contribution is -0.129. The highest BCUT2D eigenvalue weighted by Crippen LogP contribution is 2.31. The normalized spacial score (nSPS) is 12.1. The minimum atomic E-state index is -0.0870. The third-order valence-electron chi connectivity index (χ3n) is 3.30. The van der Waals surface area contributed by atoms with E-state index in [1.807, 2.05) is 19.0 Å². The van der Waals surface area contributed by atoms with Crippen molar-refractivity contribution in [2.45, 2.75) is 59.3 Å². The SMILES string of the molecule is CCCCC(C)(CCCC)C(=O)CN(C)C. The number of hydrogen-bond acceptors (Lipinski definition) is 2. The summed E-state index contributed by atoms with van der Waals surface area (Å²) < 4.78 is 0. The van der Waals surface area contributed by atoms with E-state index in [2.05, 4.69) is 20.8 Å². The van der Waals surface area contributed by atoms with Crippen molar-refractivity contribution in [3.05, 3.63) is 0 Å². The molecule has 96 valence electrons. The minimum absolute atomic E-state index is 0.0870. The Morgan fingerprint density at radius 1 is 1.06 bits per heavy atom. The number of unbranched alkanes of at least 4 members (excludes halogenated alkanes) is 2. The number of carbonyl (C=O) groups is 1. The van der Waals surface area contributed by atoms with Crippen LogP contribution < -0.4 is 0 Å². The quantitative estimate of drug-likeness (QED) is 0.601. The van der Waals surface area contributed by atoms with Gasteiger partial charge in [-0.2, -0.15) is 0 Å². The Morgan fingerprint density at radius 2 is 1.50 bits per heavy atom. The third kappa shape index (κ3) is 5.64. The van der Waals surface area contributed by atoms with E-state index in [1.165, 1.54) is 25.7 Å². The van der Waals surface area contributed by atoms with Crippen LogP contribution in [0.2, 0.25) is 0 Å². The van der Waals surface area contributed by atoms with Crippen LogP contribution in [0.3, 0.4) is 0 Å². The first-order valence-corrected chi connectivity index (χ1v) is 6.64. The molecule has 0 aromatic heterocycles. The molecule has 0 aromatic rings. The highest BCUT2D eigenvalue weighted by atomic mass is 16.1. The molecule has 0 saturated heterocycles. The molecule has 0 spiro atoms. The number of likely N-dealkylation sites (N-methyl/N-ethyl adjacent to an activating group) is 1. The maximum Gasteiger partial charge on any atom is 0.152 e. The number of ketones is 1. The van der Waals surface area contributed by atoms with Crippen molar-refractivity contribution in [1.82, 2.24) is 4.90 Å². The summed E-state index contributed by atoms with van der Waals surface area (Å²) in [4.78, 5) is 14.2. The Morgan fingerprint density at radius 3 is 1.81 bits per heavy atom. The largest absolute Gasteiger partial charge is 0.302 e. The molecule has 2 heteroatoms. The number of nitrogens with zero attached hydrogens (tertiary/aromatic N) is 1. The van der Waals surface area contributed by atoms with Crippen molar-refractivity contribution in [3.8, 4) is 0 Å². The molecule has 0 aliphatic rings. The highest BCUT2D eigenvalue weighted by Gasteiger charge is 2.31. The Labute approximate surface area is 101 Å². The predicted molar refractivity (Wildman–Crippen MR) is 70.7 cm³/mol. The first-order chi connectivity index (χ1) is 7.46. The van der Waals surface area contributed by atoms with Crippen LogP contribution in [-0.2, 0) is 4.79 Å². The standard InChI is InChI=1S/C14H29NO/c1-6-8-10-14(3,11-9-7-2)13(16)12-15(4)5/h6-12H2,1-5H3. The van der Waals surface area contributed by atoms with Gasteiger partial charge in [0.1, 0.15) is 0 Å². The molecule has 2 nitrogen and oxygen atoms in total. The van der Waals surface area contributed by atoms with E-state index in [9.17, 15) is 4.79 Å². The second kappa shape index (κ2) is 7.83. The summed E-state index contributed by atoms with van der Waals surface area (Å²) in [7, 11) is 3.94. The Bertz CT molecular complexity index is 191. The Kier molecular flexibility index (Phi) is 7.65. The van der Waals surface area contributed by atoms with Crippen molar-refractivity contribution in [2.75, 3.05) is 20.6 Å². The average Bonchev–Trinajstić information content (AvgIpc) is 2.22. The molecule has 0 heterocycles. The van der Waals surface area contributed by atoms with Gasteiger partial charge in [0.15, 0.2) is 5.78 Å². The summed E-state index contributed by atoms with van der Waals surface area (Å²) in [5.74, 6) is 0.416. The van der Waals surface area contributed by atoms with Crippen LogP contribution in [0.1, 0.15) is 59.3 Å². The minimum Gasteiger partial charge on any atom is -0.302 e. The fourth-order valence-corrected chi connectivity index (χ4v) is 2.02. The highest BCUT2D eigenvalue weighted by molar-refractivity contribution is 5.86. The second-order valence-corrected chi connectivity index (χ2v) is 5.43. The topological polar surface area (TPSA) is 20.3 Å². The summed E-state index contributed by atoms with van der Waals surface area (Å²) in [6, 6.07) is 0. The van der Waals surface area contributed by atoms with Gasteiger partial charge in [0.2, 0.25) is 0 Å². The predicted octanol–water partition coefficient (Wildman–Crippen LogP) is 3.50. The van der Waals surface area contributed by atoms with Gasteiger partial charge in [-0.1, -0.05) is 46.5 Å². The van der Waals surface area contributed by atoms with Gasteiger partial charge in [0, 0.05) is 5.41 Å². The first-order valence-electron chi connectivity index (χ1n) is 6.64. The maximum absolute atomic E-state index is 12.2. The molecule has 0 unspecified atom stereocenters. The molecule has 0 fully saturated rings. The number of rotatable bonds is 9. The van der Waals surface area contributed by atoms with Crippen molar-refractivity contribution >= 4 is 5.78 Å². The van der Waals surface area contributed by atoms with Crippen molar-refractivity contribution in [2.24, 2.45) is 5.41 Å². The zero-order valence-corrected chi connectivity index (χ0v) is 11.8. The molecule has 0 aliphatic carbocycles. The molecule has 0 radical (unpaired) electrons. The van der Waals surface area contributed by atoms with Crippen molar-refractivity contribution in [1.29, 1.82) is 0 Å². The zero-order valence-electron chi connectivity index (χ0n) is 11.8. The van der Waals surface area contributed by atoms with Crippen LogP contribution >= 0.6 is 0 Å². The third-order valence-corrected chi connectivity index (χ3v) is 3.30. The molecule has 0 amide bonds. The lowest BCUT2D eigenvalue weighted by Gasteiger charge is -2.29. The molecule has 0 aromatic carbocycles. The van der Waals surface area contributed by atoms with Gasteiger partial charge in [-0.05, 0) is 26.9 Å². The van der Waals surface area contributed by atoms with Gasteiger partial charge >= 0.3 is 0 Å². The molecule has 0 rings (SSSR count). The monoisotopic (exact) mass is 227 g/mol. The van der Waals surface area contributed by atoms with Crippen LogP contribution in [0.25, 0.3) is 0 Å². The first kappa shape index (κ1) is 15.6. The van der Waals surface area contributed by atoms with Crippen molar-refractivity contribution < 1.29 is 4.79 Å². The average molecular weight is 227 g/mol. The van der Waals surface area contributed by atoms with Gasteiger partial charge in [-0.15, -0.1) is 0 Å². The van der Waals surface area contributed by atoms with E-state index in [4.69, 9.17) is 0 Å². The fraction of sp³-hybridized carbons (Fsp3) is 0.929. The van der Waals surface area contributed by atoms with Crippen LogP contribution in [0, 0.1) is 5.41 Å². The summed E-state index contributed by atoms with van der Waals surface area (Å²) in [5.41, 5.74) is -0.0870. The molecular weight excluding hydrogens is 198 g/mol. The van der Waals surface area contributed by atoms with E-state index in [0.717, 1.165) is 12.8 Å². The van der Waals surface area contributed by atoms with Gasteiger partial charge < -0.3 is 4.90 Å². The van der Waals surface area contributed by atoms with Gasteiger partial charge in [0.05, 0.1) is 6.54 Å². The lowest BCUT2D eigenvalue weighted by atomic mass is 9.76. The number of carbonyl (C=O) groups excluding carboxylic acids is 1. The van der Waals surface area contributed by atoms with Crippen molar-refractivity contribution in [3.63, 3.8) is 0 Å². The molecule has 0 saturated carbocycles. The Balaban J connectivity index is 4.42. The van der Waals surface area contributed by atoms with Crippen LogP contribution in [-0.4, -0.2) is 31.3 Å². The maximum atomic E-state index is 12.2. The molecule has 0 bridgehead atoms. The van der Waals surface area contributed by atoms with E-state index in [0.29, 0.717) is 12.3 Å². The van der Waals surface area contributed by atoms with Crippen LogP contribution in [0.5, 0.6) is 0 Å². The fourth-order valence-electron chi connectivity index (χ4n) is 2.02. The van der Waals surface area contributed by atoms with E-state index >= 15 is 0 Å². The Hall–Kier alpha value is -0.370.